The van der Waals surface area contributed by atoms with Crippen LogP contribution in [0.15, 0.2) is 48.0 Å². The minimum absolute atomic E-state index is 0.0670. The molecule has 1 aliphatic rings. The second kappa shape index (κ2) is 6.36. The number of imide groups is 2. The van der Waals surface area contributed by atoms with Gasteiger partial charge in [0.05, 0.1) is 5.69 Å². The summed E-state index contributed by atoms with van der Waals surface area (Å²) in [5, 5.41) is 2.24. The van der Waals surface area contributed by atoms with E-state index in [-0.39, 0.29) is 5.57 Å². The molecule has 1 saturated heterocycles. The average Bonchev–Trinajstić information content (AvgIpc) is 2.52. The number of carbonyl (C=O) groups is 3. The van der Waals surface area contributed by atoms with Gasteiger partial charge in [-0.05, 0) is 55.7 Å². The predicted octanol–water partition coefficient (Wildman–Crippen LogP) is 3.28. The molecule has 2 aromatic carbocycles. The topological polar surface area (TPSA) is 66.5 Å². The van der Waals surface area contributed by atoms with Crippen molar-refractivity contribution in [2.24, 2.45) is 0 Å². The summed E-state index contributed by atoms with van der Waals surface area (Å²) in [6.45, 7) is 5.73. The number of nitrogens with one attached hydrogen (secondary N) is 1. The second-order valence-electron chi connectivity index (χ2n) is 6.21. The molecule has 126 valence electrons. The monoisotopic (exact) mass is 334 g/mol. The molecule has 0 unspecified atom stereocenters. The third-order valence-electron chi connectivity index (χ3n) is 3.95. The van der Waals surface area contributed by atoms with Gasteiger partial charge in [-0.2, -0.15) is 0 Å². The van der Waals surface area contributed by atoms with Gasteiger partial charge >= 0.3 is 6.03 Å². The highest BCUT2D eigenvalue weighted by Crippen LogP contribution is 2.24. The van der Waals surface area contributed by atoms with Crippen LogP contribution in [0.25, 0.3) is 6.08 Å². The number of carbonyl (C=O) groups excluding carboxylic acids is 3. The van der Waals surface area contributed by atoms with Crippen molar-refractivity contribution in [3.63, 3.8) is 0 Å². The molecular formula is C20H18N2O3. The first-order valence-corrected chi connectivity index (χ1v) is 7.91. The maximum atomic E-state index is 12.8. The second-order valence-corrected chi connectivity index (χ2v) is 6.21. The Morgan fingerprint density at radius 3 is 2.04 bits per heavy atom. The van der Waals surface area contributed by atoms with Gasteiger partial charge in [-0.15, -0.1) is 0 Å². The molecule has 5 heteroatoms. The van der Waals surface area contributed by atoms with Crippen molar-refractivity contribution in [2.75, 3.05) is 4.90 Å². The summed E-state index contributed by atoms with van der Waals surface area (Å²) in [6.07, 6.45) is 1.50. The van der Waals surface area contributed by atoms with Gasteiger partial charge in [0.2, 0.25) is 0 Å². The molecule has 0 atom stereocenters. The Labute approximate surface area is 146 Å². The lowest BCUT2D eigenvalue weighted by atomic mass is 10.0. The van der Waals surface area contributed by atoms with Crippen molar-refractivity contribution in [3.05, 3.63) is 70.3 Å². The molecule has 1 N–H and O–H groups in total. The van der Waals surface area contributed by atoms with Gasteiger partial charge in [0.25, 0.3) is 11.8 Å². The number of benzene rings is 2. The first-order chi connectivity index (χ1) is 11.8. The zero-order chi connectivity index (χ0) is 18.1. The number of amides is 4. The Bertz CT molecular complexity index is 891. The maximum Gasteiger partial charge on any atom is 0.335 e. The van der Waals surface area contributed by atoms with Gasteiger partial charge in [-0.25, -0.2) is 9.69 Å². The lowest BCUT2D eigenvalue weighted by Crippen LogP contribution is -2.54. The van der Waals surface area contributed by atoms with Crippen LogP contribution in [-0.4, -0.2) is 17.8 Å². The normalized spacial score (nSPS) is 16.4. The van der Waals surface area contributed by atoms with Crippen molar-refractivity contribution >= 4 is 29.6 Å². The van der Waals surface area contributed by atoms with E-state index in [1.807, 2.05) is 51.1 Å². The Kier molecular flexibility index (Phi) is 4.23. The average molecular weight is 334 g/mol. The largest absolute Gasteiger partial charge is 0.335 e. The van der Waals surface area contributed by atoms with Crippen molar-refractivity contribution < 1.29 is 14.4 Å². The summed E-state index contributed by atoms with van der Waals surface area (Å²) in [4.78, 5) is 38.2. The summed E-state index contributed by atoms with van der Waals surface area (Å²) in [6, 6.07) is 12.1. The Morgan fingerprint density at radius 2 is 1.44 bits per heavy atom. The molecule has 25 heavy (non-hydrogen) atoms. The molecule has 2 aromatic rings. The molecular weight excluding hydrogens is 316 g/mol. The number of barbiturate groups is 1. The van der Waals surface area contributed by atoms with E-state index in [1.54, 1.807) is 12.1 Å². The molecule has 0 aromatic heterocycles. The summed E-state index contributed by atoms with van der Waals surface area (Å²) in [5.41, 5.74) is 4.03. The van der Waals surface area contributed by atoms with Gasteiger partial charge < -0.3 is 0 Å². The van der Waals surface area contributed by atoms with E-state index in [0.717, 1.165) is 27.2 Å². The standard InChI is InChI=1S/C20H18N2O3/c1-12-4-6-15(7-5-12)11-17-18(23)21-20(25)22(19(17)24)16-9-13(2)8-14(3)10-16/h4-11H,1-3H3,(H,21,23,25). The predicted molar refractivity (Wildman–Crippen MR) is 96.1 cm³/mol. The molecule has 3 rings (SSSR count). The minimum atomic E-state index is -0.735. The zero-order valence-corrected chi connectivity index (χ0v) is 14.3. The number of aryl methyl sites for hydroxylation is 3. The van der Waals surface area contributed by atoms with Crippen LogP contribution in [-0.2, 0) is 9.59 Å². The van der Waals surface area contributed by atoms with E-state index in [0.29, 0.717) is 5.69 Å². The third-order valence-corrected chi connectivity index (χ3v) is 3.95. The van der Waals surface area contributed by atoms with E-state index in [4.69, 9.17) is 0 Å². The first kappa shape index (κ1) is 16.6. The molecule has 0 aliphatic carbocycles. The molecule has 0 saturated carbocycles. The molecule has 1 fully saturated rings. The van der Waals surface area contributed by atoms with Crippen LogP contribution in [0, 0.1) is 20.8 Å². The lowest BCUT2D eigenvalue weighted by molar-refractivity contribution is -0.122. The maximum absolute atomic E-state index is 12.8. The van der Waals surface area contributed by atoms with Crippen molar-refractivity contribution in [2.45, 2.75) is 20.8 Å². The highest BCUT2D eigenvalue weighted by atomic mass is 16.2. The fourth-order valence-corrected chi connectivity index (χ4v) is 2.80. The molecule has 0 bridgehead atoms. The van der Waals surface area contributed by atoms with Crippen LogP contribution < -0.4 is 10.2 Å². The highest BCUT2D eigenvalue weighted by Gasteiger charge is 2.36. The van der Waals surface area contributed by atoms with Crippen molar-refractivity contribution in [3.8, 4) is 0 Å². The van der Waals surface area contributed by atoms with Crippen molar-refractivity contribution in [1.29, 1.82) is 0 Å². The fourth-order valence-electron chi connectivity index (χ4n) is 2.80. The van der Waals surface area contributed by atoms with Gasteiger partial charge in [0.1, 0.15) is 5.57 Å². The summed E-state index contributed by atoms with van der Waals surface area (Å²) in [5.74, 6) is -1.31. The molecule has 1 heterocycles. The van der Waals surface area contributed by atoms with E-state index >= 15 is 0 Å². The molecule has 1 aliphatic heterocycles. The number of anilines is 1. The SMILES string of the molecule is Cc1ccc(C=C2C(=O)NC(=O)N(c3cc(C)cc(C)c3)C2=O)cc1. The summed E-state index contributed by atoms with van der Waals surface area (Å²) < 4.78 is 0. The Morgan fingerprint density at radius 1 is 0.840 bits per heavy atom. The number of rotatable bonds is 2. The van der Waals surface area contributed by atoms with Crippen LogP contribution in [0.2, 0.25) is 0 Å². The van der Waals surface area contributed by atoms with E-state index in [1.165, 1.54) is 6.08 Å². The zero-order valence-electron chi connectivity index (χ0n) is 14.3. The van der Waals surface area contributed by atoms with Crippen LogP contribution in [0.4, 0.5) is 10.5 Å². The number of hydrogen-bond donors (Lipinski definition) is 1. The van der Waals surface area contributed by atoms with Crippen LogP contribution in [0.1, 0.15) is 22.3 Å². The van der Waals surface area contributed by atoms with E-state index < -0.39 is 17.8 Å². The smallest absolute Gasteiger partial charge is 0.273 e. The van der Waals surface area contributed by atoms with Crippen LogP contribution >= 0.6 is 0 Å². The number of hydrogen-bond acceptors (Lipinski definition) is 3. The third kappa shape index (κ3) is 3.35. The van der Waals surface area contributed by atoms with Gasteiger partial charge in [0.15, 0.2) is 0 Å². The summed E-state index contributed by atoms with van der Waals surface area (Å²) in [7, 11) is 0. The van der Waals surface area contributed by atoms with Gasteiger partial charge in [-0.1, -0.05) is 35.9 Å². The molecule has 4 amide bonds. The van der Waals surface area contributed by atoms with Crippen LogP contribution in [0.5, 0.6) is 0 Å². The highest BCUT2D eigenvalue weighted by molar-refractivity contribution is 6.39. The van der Waals surface area contributed by atoms with E-state index in [9.17, 15) is 14.4 Å². The van der Waals surface area contributed by atoms with E-state index in [2.05, 4.69) is 5.32 Å². The number of nitrogens with zero attached hydrogens (tertiary/aromatic N) is 1. The fraction of sp³-hybridized carbons (Fsp3) is 0.150. The Hall–Kier alpha value is -3.21. The van der Waals surface area contributed by atoms with Crippen molar-refractivity contribution in [1.82, 2.24) is 5.32 Å². The molecule has 0 radical (unpaired) electrons. The minimum Gasteiger partial charge on any atom is -0.273 e. The quantitative estimate of drug-likeness (QED) is 0.677. The Balaban J connectivity index is 2.03. The number of urea groups is 1. The lowest BCUT2D eigenvalue weighted by Gasteiger charge is -2.27. The van der Waals surface area contributed by atoms with Gasteiger partial charge in [-0.3, -0.25) is 14.9 Å². The van der Waals surface area contributed by atoms with Crippen LogP contribution in [0.3, 0.4) is 0 Å². The molecule has 5 nitrogen and oxygen atoms in total. The van der Waals surface area contributed by atoms with Gasteiger partial charge in [0, 0.05) is 0 Å². The molecule has 0 spiro atoms. The summed E-state index contributed by atoms with van der Waals surface area (Å²) >= 11 is 0. The first-order valence-electron chi connectivity index (χ1n) is 7.91.